The Balaban J connectivity index is 1.88. The first-order valence-corrected chi connectivity index (χ1v) is 8.00. The summed E-state index contributed by atoms with van der Waals surface area (Å²) in [5.41, 5.74) is 0.823. The van der Waals surface area contributed by atoms with Gasteiger partial charge in [-0.25, -0.2) is 0 Å². The molecule has 1 N–H and O–H groups in total. The number of carbonyl (C=O) groups excluding carboxylic acids is 1. The van der Waals surface area contributed by atoms with Gasteiger partial charge in [0.05, 0.1) is 11.4 Å². The highest BCUT2D eigenvalue weighted by atomic mass is 35.5. The Bertz CT molecular complexity index is 981. The van der Waals surface area contributed by atoms with Crippen molar-refractivity contribution in [1.29, 1.82) is 0 Å². The Morgan fingerprint density at radius 3 is 2.62 bits per heavy atom. The van der Waals surface area contributed by atoms with Crippen molar-refractivity contribution < 1.29 is 9.21 Å². The Morgan fingerprint density at radius 1 is 1.12 bits per heavy atom. The lowest BCUT2D eigenvalue weighted by Crippen LogP contribution is -2.27. The van der Waals surface area contributed by atoms with Crippen molar-refractivity contribution in [2.24, 2.45) is 0 Å². The lowest BCUT2D eigenvalue weighted by atomic mass is 10.1. The van der Waals surface area contributed by atoms with Gasteiger partial charge < -0.3 is 9.73 Å². The van der Waals surface area contributed by atoms with Gasteiger partial charge in [0, 0.05) is 16.1 Å². The molecular weight excluding hydrogens is 349 g/mol. The SMILES string of the molecule is CC(NC(=O)c1cc(=O)c2ccccc2o1)c1ccc(Cl)cc1Cl. The minimum atomic E-state index is -0.489. The molecule has 1 heterocycles. The molecule has 0 saturated heterocycles. The second-order valence-corrected chi connectivity index (χ2v) is 6.18. The van der Waals surface area contributed by atoms with Crippen molar-refractivity contribution in [3.05, 3.63) is 80.1 Å². The predicted molar refractivity (Wildman–Crippen MR) is 94.8 cm³/mol. The fraction of sp³-hybridized carbons (Fsp3) is 0.111. The summed E-state index contributed by atoms with van der Waals surface area (Å²) < 4.78 is 5.52. The Kier molecular flexibility index (Phi) is 4.60. The highest BCUT2D eigenvalue weighted by Crippen LogP contribution is 2.26. The molecule has 1 amide bonds. The molecule has 1 atom stereocenters. The fourth-order valence-electron chi connectivity index (χ4n) is 2.41. The van der Waals surface area contributed by atoms with Gasteiger partial charge in [-0.2, -0.15) is 0 Å². The normalized spacial score (nSPS) is 12.1. The average Bonchev–Trinajstić information content (AvgIpc) is 2.54. The van der Waals surface area contributed by atoms with Gasteiger partial charge in [0.15, 0.2) is 11.2 Å². The first kappa shape index (κ1) is 16.6. The van der Waals surface area contributed by atoms with E-state index in [-0.39, 0.29) is 17.2 Å². The summed E-state index contributed by atoms with van der Waals surface area (Å²) in [6.07, 6.45) is 0. The van der Waals surface area contributed by atoms with Crippen LogP contribution in [-0.4, -0.2) is 5.91 Å². The van der Waals surface area contributed by atoms with E-state index in [1.165, 1.54) is 6.07 Å². The van der Waals surface area contributed by atoms with Crippen LogP contribution in [-0.2, 0) is 0 Å². The molecule has 0 aliphatic heterocycles. The van der Waals surface area contributed by atoms with E-state index in [0.29, 0.717) is 21.0 Å². The smallest absolute Gasteiger partial charge is 0.287 e. The maximum atomic E-state index is 12.4. The van der Waals surface area contributed by atoms with Gasteiger partial charge in [-0.1, -0.05) is 41.4 Å². The van der Waals surface area contributed by atoms with Gasteiger partial charge in [0.25, 0.3) is 5.91 Å². The van der Waals surface area contributed by atoms with Crippen molar-refractivity contribution in [1.82, 2.24) is 5.32 Å². The van der Waals surface area contributed by atoms with Crippen molar-refractivity contribution >= 4 is 40.1 Å². The average molecular weight is 362 g/mol. The van der Waals surface area contributed by atoms with E-state index in [1.54, 1.807) is 49.4 Å². The standard InChI is InChI=1S/C18H13Cl2NO3/c1-10(12-7-6-11(19)8-14(12)20)21-18(23)17-9-15(22)13-4-2-3-5-16(13)24-17/h2-10H,1H3,(H,21,23). The Morgan fingerprint density at radius 2 is 1.88 bits per heavy atom. The van der Waals surface area contributed by atoms with Crippen molar-refractivity contribution in [3.63, 3.8) is 0 Å². The molecule has 1 unspecified atom stereocenters. The van der Waals surface area contributed by atoms with E-state index in [2.05, 4.69) is 5.32 Å². The molecule has 0 aliphatic rings. The minimum Gasteiger partial charge on any atom is -0.451 e. The van der Waals surface area contributed by atoms with Gasteiger partial charge in [0.2, 0.25) is 0 Å². The molecule has 3 aromatic rings. The fourth-order valence-corrected chi connectivity index (χ4v) is 2.99. The molecule has 0 radical (unpaired) electrons. The maximum Gasteiger partial charge on any atom is 0.287 e. The summed E-state index contributed by atoms with van der Waals surface area (Å²) in [4.78, 5) is 24.5. The first-order valence-electron chi connectivity index (χ1n) is 7.24. The van der Waals surface area contributed by atoms with Crippen LogP contribution in [0.4, 0.5) is 0 Å². The zero-order valence-electron chi connectivity index (χ0n) is 12.7. The van der Waals surface area contributed by atoms with Crippen LogP contribution < -0.4 is 10.7 Å². The van der Waals surface area contributed by atoms with E-state index >= 15 is 0 Å². The largest absolute Gasteiger partial charge is 0.451 e. The Hall–Kier alpha value is -2.30. The summed E-state index contributed by atoms with van der Waals surface area (Å²) in [5.74, 6) is -0.535. The van der Waals surface area contributed by atoms with Crippen LogP contribution >= 0.6 is 23.2 Å². The highest BCUT2D eigenvalue weighted by Gasteiger charge is 2.17. The lowest BCUT2D eigenvalue weighted by Gasteiger charge is -2.15. The molecule has 0 aliphatic carbocycles. The number of hydrogen-bond donors (Lipinski definition) is 1. The molecule has 0 spiro atoms. The first-order chi connectivity index (χ1) is 11.5. The summed E-state index contributed by atoms with van der Waals surface area (Å²) >= 11 is 12.0. The summed E-state index contributed by atoms with van der Waals surface area (Å²) in [6, 6.07) is 12.6. The number of rotatable bonds is 3. The number of hydrogen-bond acceptors (Lipinski definition) is 3. The number of fused-ring (bicyclic) bond motifs is 1. The number of carbonyl (C=O) groups is 1. The van der Waals surface area contributed by atoms with Crippen LogP contribution in [0.5, 0.6) is 0 Å². The van der Waals surface area contributed by atoms with Gasteiger partial charge in [-0.15, -0.1) is 0 Å². The summed E-state index contributed by atoms with van der Waals surface area (Å²) in [7, 11) is 0. The molecule has 4 nitrogen and oxygen atoms in total. The predicted octanol–water partition coefficient (Wildman–Crippen LogP) is 4.59. The van der Waals surface area contributed by atoms with Crippen LogP contribution in [0.15, 0.2) is 57.7 Å². The lowest BCUT2D eigenvalue weighted by molar-refractivity contribution is 0.0912. The van der Waals surface area contributed by atoms with E-state index < -0.39 is 5.91 Å². The topological polar surface area (TPSA) is 59.3 Å². The number of benzene rings is 2. The van der Waals surface area contributed by atoms with E-state index in [1.807, 2.05) is 0 Å². The maximum absolute atomic E-state index is 12.4. The molecule has 6 heteroatoms. The molecule has 1 aromatic heterocycles. The zero-order valence-corrected chi connectivity index (χ0v) is 14.2. The number of para-hydroxylation sites is 1. The van der Waals surface area contributed by atoms with Crippen molar-refractivity contribution in [3.8, 4) is 0 Å². The molecule has 0 fully saturated rings. The summed E-state index contributed by atoms with van der Waals surface area (Å²) in [5, 5.41) is 4.17. The minimum absolute atomic E-state index is 0.0457. The third-order valence-corrected chi connectivity index (χ3v) is 4.20. The molecule has 122 valence electrons. The molecular formula is C18H13Cl2NO3. The van der Waals surface area contributed by atoms with Crippen molar-refractivity contribution in [2.45, 2.75) is 13.0 Å². The van der Waals surface area contributed by atoms with Crippen LogP contribution in [0, 0.1) is 0 Å². The number of halogens is 2. The van der Waals surface area contributed by atoms with Gasteiger partial charge >= 0.3 is 0 Å². The third-order valence-electron chi connectivity index (χ3n) is 3.64. The van der Waals surface area contributed by atoms with E-state index in [9.17, 15) is 9.59 Å². The molecule has 0 saturated carbocycles. The van der Waals surface area contributed by atoms with Crippen LogP contribution in [0.1, 0.15) is 29.1 Å². The highest BCUT2D eigenvalue weighted by molar-refractivity contribution is 6.35. The van der Waals surface area contributed by atoms with Crippen LogP contribution in [0.25, 0.3) is 11.0 Å². The van der Waals surface area contributed by atoms with Gasteiger partial charge in [-0.05, 0) is 36.8 Å². The van der Waals surface area contributed by atoms with Gasteiger partial charge in [0.1, 0.15) is 5.58 Å². The van der Waals surface area contributed by atoms with Crippen LogP contribution in [0.3, 0.4) is 0 Å². The van der Waals surface area contributed by atoms with Gasteiger partial charge in [-0.3, -0.25) is 9.59 Å². The molecule has 2 aromatic carbocycles. The molecule has 3 rings (SSSR count). The second-order valence-electron chi connectivity index (χ2n) is 5.33. The molecule has 0 bridgehead atoms. The molecule has 24 heavy (non-hydrogen) atoms. The Labute approximate surface area is 148 Å². The monoisotopic (exact) mass is 361 g/mol. The third kappa shape index (κ3) is 3.30. The van der Waals surface area contributed by atoms with Crippen molar-refractivity contribution in [2.75, 3.05) is 0 Å². The van der Waals surface area contributed by atoms with E-state index in [4.69, 9.17) is 27.6 Å². The number of amides is 1. The van der Waals surface area contributed by atoms with Crippen LogP contribution in [0.2, 0.25) is 10.0 Å². The zero-order chi connectivity index (χ0) is 17.3. The quantitative estimate of drug-likeness (QED) is 0.741. The number of nitrogens with one attached hydrogen (secondary N) is 1. The van der Waals surface area contributed by atoms with E-state index in [0.717, 1.165) is 5.56 Å². The summed E-state index contributed by atoms with van der Waals surface area (Å²) in [6.45, 7) is 1.78. The second kappa shape index (κ2) is 6.67.